The molecule has 0 aliphatic heterocycles. The van der Waals surface area contributed by atoms with Crippen LogP contribution in [0.1, 0.15) is 27.2 Å². The van der Waals surface area contributed by atoms with Crippen LogP contribution in [0.4, 0.5) is 0 Å². The van der Waals surface area contributed by atoms with Crippen molar-refractivity contribution in [3.63, 3.8) is 0 Å². The van der Waals surface area contributed by atoms with Crippen molar-refractivity contribution in [1.82, 2.24) is 4.90 Å². The van der Waals surface area contributed by atoms with Gasteiger partial charge in [0.15, 0.2) is 6.10 Å². The van der Waals surface area contributed by atoms with Crippen LogP contribution in [0.5, 0.6) is 0 Å². The molecule has 0 aliphatic carbocycles. The van der Waals surface area contributed by atoms with Gasteiger partial charge in [0.25, 0.3) is 0 Å². The van der Waals surface area contributed by atoms with Crippen LogP contribution in [0.2, 0.25) is 0 Å². The maximum atomic E-state index is 10.7. The van der Waals surface area contributed by atoms with Gasteiger partial charge in [0.1, 0.15) is 0 Å². The predicted molar refractivity (Wildman–Crippen MR) is 55.5 cm³/mol. The van der Waals surface area contributed by atoms with Crippen LogP contribution in [0.25, 0.3) is 0 Å². The molecule has 0 bridgehead atoms. The van der Waals surface area contributed by atoms with Gasteiger partial charge in [-0.2, -0.15) is 0 Å². The summed E-state index contributed by atoms with van der Waals surface area (Å²) < 4.78 is 5.12. The summed E-state index contributed by atoms with van der Waals surface area (Å²) in [7, 11) is 0. The molecule has 14 heavy (non-hydrogen) atoms. The summed E-state index contributed by atoms with van der Waals surface area (Å²) in [5, 5.41) is 8.82. The average molecular weight is 203 g/mol. The molecule has 1 atom stereocenters. The fourth-order valence-electron chi connectivity index (χ4n) is 1.32. The van der Waals surface area contributed by atoms with Gasteiger partial charge in [-0.1, -0.05) is 13.8 Å². The van der Waals surface area contributed by atoms with Gasteiger partial charge in [-0.3, -0.25) is 0 Å². The van der Waals surface area contributed by atoms with Crippen LogP contribution in [0.3, 0.4) is 0 Å². The molecule has 0 saturated heterocycles. The van der Waals surface area contributed by atoms with E-state index in [-0.39, 0.29) is 0 Å². The van der Waals surface area contributed by atoms with Crippen LogP contribution in [-0.2, 0) is 9.53 Å². The molecule has 0 amide bonds. The molecule has 0 fully saturated rings. The van der Waals surface area contributed by atoms with E-state index in [4.69, 9.17) is 9.84 Å². The highest BCUT2D eigenvalue weighted by atomic mass is 16.5. The Balaban J connectivity index is 3.85. The summed E-state index contributed by atoms with van der Waals surface area (Å²) in [4.78, 5) is 12.9. The van der Waals surface area contributed by atoms with Crippen molar-refractivity contribution in [3.8, 4) is 0 Å². The maximum absolute atomic E-state index is 10.7. The van der Waals surface area contributed by atoms with Crippen molar-refractivity contribution in [1.29, 1.82) is 0 Å². The summed E-state index contributed by atoms with van der Waals surface area (Å²) in [6, 6.07) is 0. The molecule has 0 saturated carbocycles. The second-order valence-corrected chi connectivity index (χ2v) is 3.10. The molecule has 4 nitrogen and oxygen atoms in total. The summed E-state index contributed by atoms with van der Waals surface area (Å²) in [5.74, 6) is -0.862. The van der Waals surface area contributed by atoms with E-state index in [9.17, 15) is 4.79 Å². The van der Waals surface area contributed by atoms with Gasteiger partial charge in [-0.15, -0.1) is 0 Å². The first-order valence-electron chi connectivity index (χ1n) is 5.22. The van der Waals surface area contributed by atoms with Crippen molar-refractivity contribution in [2.45, 2.75) is 33.3 Å². The minimum absolute atomic E-state index is 0.454. The van der Waals surface area contributed by atoms with Gasteiger partial charge in [0, 0.05) is 13.2 Å². The van der Waals surface area contributed by atoms with E-state index in [2.05, 4.69) is 18.7 Å². The smallest absolute Gasteiger partial charge is 0.332 e. The second kappa shape index (κ2) is 7.76. The van der Waals surface area contributed by atoms with Gasteiger partial charge in [-0.25, -0.2) is 4.79 Å². The third-order valence-electron chi connectivity index (χ3n) is 2.25. The highest BCUT2D eigenvalue weighted by Gasteiger charge is 2.17. The lowest BCUT2D eigenvalue weighted by atomic mass is 10.2. The van der Waals surface area contributed by atoms with Gasteiger partial charge in [-0.05, 0) is 26.4 Å². The van der Waals surface area contributed by atoms with Crippen LogP contribution < -0.4 is 0 Å². The van der Waals surface area contributed by atoms with Crippen molar-refractivity contribution in [2.24, 2.45) is 0 Å². The fraction of sp³-hybridized carbons (Fsp3) is 0.900. The molecule has 0 aromatic heterocycles. The molecule has 0 spiro atoms. The van der Waals surface area contributed by atoms with E-state index in [0.717, 1.165) is 19.6 Å². The van der Waals surface area contributed by atoms with Gasteiger partial charge in [0.05, 0.1) is 0 Å². The minimum Gasteiger partial charge on any atom is -0.479 e. The number of hydrogen-bond donors (Lipinski definition) is 1. The number of nitrogens with zero attached hydrogens (tertiary/aromatic N) is 1. The predicted octanol–water partition coefficient (Wildman–Crippen LogP) is 1.21. The highest BCUT2D eigenvalue weighted by Crippen LogP contribution is 2.01. The first kappa shape index (κ1) is 13.4. The van der Waals surface area contributed by atoms with Crippen molar-refractivity contribution < 1.29 is 14.6 Å². The minimum atomic E-state index is -0.862. The number of carboxylic acid groups (broad SMARTS) is 1. The summed E-state index contributed by atoms with van der Waals surface area (Å²) in [6.07, 6.45) is -0.0919. The zero-order valence-corrected chi connectivity index (χ0v) is 9.32. The van der Waals surface area contributed by atoms with Crippen LogP contribution in [0.15, 0.2) is 0 Å². The van der Waals surface area contributed by atoms with Gasteiger partial charge < -0.3 is 14.7 Å². The Kier molecular flexibility index (Phi) is 7.42. The standard InChI is InChI=1S/C10H21NO3/c1-4-11(5-2)8-7-9(10(12)13)14-6-3/h9H,4-8H2,1-3H3,(H,12,13). The number of carboxylic acids is 1. The fourth-order valence-corrected chi connectivity index (χ4v) is 1.32. The lowest BCUT2D eigenvalue weighted by Crippen LogP contribution is -2.31. The largest absolute Gasteiger partial charge is 0.479 e. The third kappa shape index (κ3) is 5.19. The quantitative estimate of drug-likeness (QED) is 0.644. The van der Waals surface area contributed by atoms with Crippen molar-refractivity contribution >= 4 is 5.97 Å². The topological polar surface area (TPSA) is 49.8 Å². The Morgan fingerprint density at radius 1 is 1.36 bits per heavy atom. The Labute approximate surface area is 85.9 Å². The van der Waals surface area contributed by atoms with E-state index in [1.54, 1.807) is 0 Å². The molecular weight excluding hydrogens is 182 g/mol. The lowest BCUT2D eigenvalue weighted by molar-refractivity contribution is -0.150. The first-order valence-corrected chi connectivity index (χ1v) is 5.22. The number of hydrogen-bond acceptors (Lipinski definition) is 3. The Morgan fingerprint density at radius 2 is 1.93 bits per heavy atom. The third-order valence-corrected chi connectivity index (χ3v) is 2.25. The highest BCUT2D eigenvalue weighted by molar-refractivity contribution is 5.72. The molecule has 0 aromatic carbocycles. The Morgan fingerprint density at radius 3 is 2.29 bits per heavy atom. The molecule has 4 heteroatoms. The zero-order chi connectivity index (χ0) is 11.0. The Hall–Kier alpha value is -0.610. The summed E-state index contributed by atoms with van der Waals surface area (Å²) in [5.41, 5.74) is 0. The average Bonchev–Trinajstić information content (AvgIpc) is 2.17. The first-order chi connectivity index (χ1) is 6.65. The summed E-state index contributed by atoms with van der Waals surface area (Å²) >= 11 is 0. The van der Waals surface area contributed by atoms with E-state index in [1.807, 2.05) is 6.92 Å². The number of carbonyl (C=O) groups is 1. The SMILES string of the molecule is CCOC(CCN(CC)CC)C(=O)O. The molecular formula is C10H21NO3. The molecule has 0 aliphatic rings. The number of ether oxygens (including phenoxy) is 1. The molecule has 0 aromatic rings. The Bertz CT molecular complexity index is 157. The van der Waals surface area contributed by atoms with E-state index >= 15 is 0 Å². The molecule has 0 radical (unpaired) electrons. The lowest BCUT2D eigenvalue weighted by Gasteiger charge is -2.20. The normalized spacial score (nSPS) is 13.1. The van der Waals surface area contributed by atoms with Crippen LogP contribution >= 0.6 is 0 Å². The molecule has 0 heterocycles. The van der Waals surface area contributed by atoms with Gasteiger partial charge >= 0.3 is 5.97 Å². The monoisotopic (exact) mass is 203 g/mol. The molecule has 0 rings (SSSR count). The zero-order valence-electron chi connectivity index (χ0n) is 9.32. The summed E-state index contributed by atoms with van der Waals surface area (Å²) in [6.45, 7) is 9.09. The van der Waals surface area contributed by atoms with Gasteiger partial charge in [0.2, 0.25) is 0 Å². The second-order valence-electron chi connectivity index (χ2n) is 3.10. The van der Waals surface area contributed by atoms with Crippen LogP contribution in [-0.4, -0.2) is 48.3 Å². The number of aliphatic carboxylic acids is 1. The van der Waals surface area contributed by atoms with E-state index < -0.39 is 12.1 Å². The van der Waals surface area contributed by atoms with E-state index in [1.165, 1.54) is 0 Å². The van der Waals surface area contributed by atoms with E-state index in [0.29, 0.717) is 13.0 Å². The maximum Gasteiger partial charge on any atom is 0.332 e. The van der Waals surface area contributed by atoms with Crippen LogP contribution in [0, 0.1) is 0 Å². The molecule has 1 N–H and O–H groups in total. The molecule has 84 valence electrons. The number of rotatable bonds is 8. The van der Waals surface area contributed by atoms with Crippen molar-refractivity contribution in [3.05, 3.63) is 0 Å². The van der Waals surface area contributed by atoms with Crippen molar-refractivity contribution in [2.75, 3.05) is 26.2 Å². The molecule has 1 unspecified atom stereocenters.